The summed E-state index contributed by atoms with van der Waals surface area (Å²) >= 11 is 0. The molecule has 0 radical (unpaired) electrons. The Morgan fingerprint density at radius 2 is 1.90 bits per heavy atom. The quantitative estimate of drug-likeness (QED) is 0.497. The van der Waals surface area contributed by atoms with Crippen LogP contribution in [-0.4, -0.2) is 34.6 Å². The van der Waals surface area contributed by atoms with Crippen molar-refractivity contribution in [3.8, 4) is 0 Å². The van der Waals surface area contributed by atoms with E-state index in [0.29, 0.717) is 30.1 Å². The monoisotopic (exact) mass is 439 g/mol. The van der Waals surface area contributed by atoms with E-state index >= 15 is 0 Å². The number of nitrogens with two attached hydrogens (primary N) is 1. The van der Waals surface area contributed by atoms with Crippen LogP contribution in [0.5, 0.6) is 0 Å². The average Bonchev–Trinajstić information content (AvgIpc) is 2.95. The van der Waals surface area contributed by atoms with E-state index in [1.54, 1.807) is 0 Å². The molecule has 3 N–H and O–H groups in total. The summed E-state index contributed by atoms with van der Waals surface area (Å²) < 4.78 is 0. The summed E-state index contributed by atoms with van der Waals surface area (Å²) in [6, 6.07) is 0. The SMILES string of the molecule is CC(C)(N)CON=C1CC[C@@]2(C)C(C1)/C(=N/O)C[C@@H]1[C@@H]2CC[C@]2(C)C(=O)CC[C@@H]12.Cl. The number of carbonyl (C=O) groups is 1. The van der Waals surface area contributed by atoms with Gasteiger partial charge in [-0.3, -0.25) is 4.79 Å². The molecule has 0 aromatic carbocycles. The van der Waals surface area contributed by atoms with Crippen LogP contribution in [0.3, 0.4) is 0 Å². The number of fused-ring (bicyclic) bond motifs is 5. The predicted molar refractivity (Wildman–Crippen MR) is 120 cm³/mol. The van der Waals surface area contributed by atoms with Gasteiger partial charge in [0.05, 0.1) is 11.4 Å². The van der Waals surface area contributed by atoms with Crippen molar-refractivity contribution < 1.29 is 14.8 Å². The summed E-state index contributed by atoms with van der Waals surface area (Å²) in [6.07, 6.45) is 7.42. The molecule has 4 rings (SSSR count). The van der Waals surface area contributed by atoms with E-state index in [0.717, 1.165) is 62.8 Å². The first-order valence-electron chi connectivity index (χ1n) is 11.3. The van der Waals surface area contributed by atoms with E-state index < -0.39 is 5.54 Å². The maximum absolute atomic E-state index is 12.6. The van der Waals surface area contributed by atoms with Gasteiger partial charge in [-0.05, 0) is 82.0 Å². The van der Waals surface area contributed by atoms with Gasteiger partial charge in [-0.25, -0.2) is 0 Å². The highest BCUT2D eigenvalue weighted by molar-refractivity contribution is 5.96. The number of carbonyl (C=O) groups excluding carboxylic acids is 1. The smallest absolute Gasteiger partial charge is 0.139 e. The Balaban J connectivity index is 0.00000256. The minimum absolute atomic E-state index is 0. The first-order chi connectivity index (χ1) is 13.6. The van der Waals surface area contributed by atoms with Gasteiger partial charge < -0.3 is 15.8 Å². The third-order valence-corrected chi connectivity index (χ3v) is 8.79. The second-order valence-corrected chi connectivity index (χ2v) is 11.3. The topological polar surface area (TPSA) is 97.3 Å². The van der Waals surface area contributed by atoms with Crippen molar-refractivity contribution in [1.29, 1.82) is 0 Å². The maximum atomic E-state index is 12.6. The standard InChI is InChI=1S/C23H37N3O3.ClH/c1-21(2,24)13-29-26-14-7-9-22(3)17-8-10-23(4)16(5-6-20(23)27)15(17)12-19(25-28)18(22)11-14;/h15-18,28H,5-13,24H2,1-4H3;1H/b25-19+,26-14?;/t15-,16-,17-,18?,22+,23-;/m0./s1. The zero-order valence-corrected chi connectivity index (χ0v) is 19.6. The van der Waals surface area contributed by atoms with Crippen molar-refractivity contribution in [3.63, 3.8) is 0 Å². The van der Waals surface area contributed by atoms with Crippen molar-refractivity contribution in [2.45, 2.75) is 84.6 Å². The molecule has 4 saturated carbocycles. The van der Waals surface area contributed by atoms with E-state index in [1.807, 2.05) is 13.8 Å². The second kappa shape index (κ2) is 8.09. The summed E-state index contributed by atoms with van der Waals surface area (Å²) in [5.74, 6) is 2.15. The molecule has 0 aliphatic heterocycles. The van der Waals surface area contributed by atoms with Crippen molar-refractivity contribution >= 4 is 29.6 Å². The third kappa shape index (κ3) is 3.79. The first-order valence-corrected chi connectivity index (χ1v) is 11.3. The molecule has 0 amide bonds. The number of ketones is 1. The van der Waals surface area contributed by atoms with Crippen molar-refractivity contribution in [2.75, 3.05) is 6.61 Å². The fourth-order valence-corrected chi connectivity index (χ4v) is 7.13. The molecule has 0 bridgehead atoms. The molecular weight excluding hydrogens is 402 g/mol. The fraction of sp³-hybridized carbons (Fsp3) is 0.870. The van der Waals surface area contributed by atoms with E-state index in [1.165, 1.54) is 0 Å². The molecule has 30 heavy (non-hydrogen) atoms. The van der Waals surface area contributed by atoms with Gasteiger partial charge in [-0.2, -0.15) is 0 Å². The number of hydrogen-bond acceptors (Lipinski definition) is 6. The van der Waals surface area contributed by atoms with Crippen LogP contribution in [0, 0.1) is 34.5 Å². The Bertz CT molecular complexity index is 746. The number of Topliss-reactive ketones (excluding diaryl/α,β-unsaturated/α-hetero) is 1. The Kier molecular flexibility index (Phi) is 6.34. The molecule has 1 unspecified atom stereocenters. The molecule has 4 aliphatic rings. The zero-order chi connectivity index (χ0) is 21.0. The van der Waals surface area contributed by atoms with Crippen LogP contribution >= 0.6 is 12.4 Å². The molecule has 0 aromatic rings. The Labute approximate surface area is 186 Å². The van der Waals surface area contributed by atoms with Crippen LogP contribution in [0.1, 0.15) is 79.1 Å². The van der Waals surface area contributed by atoms with Crippen LogP contribution in [0.15, 0.2) is 10.3 Å². The van der Waals surface area contributed by atoms with Gasteiger partial charge >= 0.3 is 0 Å². The lowest BCUT2D eigenvalue weighted by Crippen LogP contribution is -2.56. The number of hydrogen-bond donors (Lipinski definition) is 2. The number of halogens is 1. The fourth-order valence-electron chi connectivity index (χ4n) is 7.13. The molecule has 4 aliphatic carbocycles. The van der Waals surface area contributed by atoms with Crippen molar-refractivity contribution in [2.24, 2.45) is 50.5 Å². The lowest BCUT2D eigenvalue weighted by molar-refractivity contribution is -0.133. The van der Waals surface area contributed by atoms with E-state index in [4.69, 9.17) is 10.6 Å². The summed E-state index contributed by atoms with van der Waals surface area (Å²) in [6.45, 7) is 8.81. The van der Waals surface area contributed by atoms with Crippen molar-refractivity contribution in [1.82, 2.24) is 0 Å². The van der Waals surface area contributed by atoms with Gasteiger partial charge in [-0.1, -0.05) is 24.2 Å². The summed E-state index contributed by atoms with van der Waals surface area (Å²) in [5, 5.41) is 18.1. The molecule has 0 heterocycles. The number of rotatable bonds is 3. The van der Waals surface area contributed by atoms with Gasteiger partial charge in [0.2, 0.25) is 0 Å². The number of nitrogens with zero attached hydrogens (tertiary/aromatic N) is 2. The molecule has 0 aromatic heterocycles. The van der Waals surface area contributed by atoms with Crippen LogP contribution in [-0.2, 0) is 9.63 Å². The van der Waals surface area contributed by atoms with Gasteiger partial charge in [0.15, 0.2) is 0 Å². The minimum Gasteiger partial charge on any atom is -0.411 e. The highest BCUT2D eigenvalue weighted by atomic mass is 35.5. The summed E-state index contributed by atoms with van der Waals surface area (Å²) in [7, 11) is 0. The van der Waals surface area contributed by atoms with Crippen LogP contribution in [0.2, 0.25) is 0 Å². The lowest BCUT2D eigenvalue weighted by atomic mass is 9.45. The van der Waals surface area contributed by atoms with Gasteiger partial charge in [-0.15, -0.1) is 12.4 Å². The molecule has 4 fully saturated rings. The zero-order valence-electron chi connectivity index (χ0n) is 18.8. The van der Waals surface area contributed by atoms with E-state index in [2.05, 4.69) is 24.2 Å². The minimum atomic E-state index is -0.406. The molecule has 0 spiro atoms. The van der Waals surface area contributed by atoms with Crippen LogP contribution < -0.4 is 5.73 Å². The van der Waals surface area contributed by atoms with Gasteiger partial charge in [0.1, 0.15) is 12.4 Å². The average molecular weight is 440 g/mol. The lowest BCUT2D eigenvalue weighted by Gasteiger charge is -2.59. The first kappa shape index (κ1) is 23.5. The summed E-state index contributed by atoms with van der Waals surface area (Å²) in [5.41, 5.74) is 7.48. The normalized spacial score (nSPS) is 43.6. The predicted octanol–water partition coefficient (Wildman–Crippen LogP) is 4.57. The molecule has 6 atom stereocenters. The Hall–Kier alpha value is -1.14. The van der Waals surface area contributed by atoms with E-state index in [9.17, 15) is 10.0 Å². The van der Waals surface area contributed by atoms with Crippen LogP contribution in [0.25, 0.3) is 0 Å². The molecular formula is C23H38ClN3O3. The van der Waals surface area contributed by atoms with Crippen molar-refractivity contribution in [3.05, 3.63) is 0 Å². The molecule has 0 saturated heterocycles. The Morgan fingerprint density at radius 3 is 2.57 bits per heavy atom. The third-order valence-electron chi connectivity index (χ3n) is 8.79. The van der Waals surface area contributed by atoms with Gasteiger partial charge in [0, 0.05) is 23.3 Å². The largest absolute Gasteiger partial charge is 0.411 e. The van der Waals surface area contributed by atoms with Gasteiger partial charge in [0.25, 0.3) is 0 Å². The molecule has 7 heteroatoms. The molecule has 6 nitrogen and oxygen atoms in total. The Morgan fingerprint density at radius 1 is 1.17 bits per heavy atom. The maximum Gasteiger partial charge on any atom is 0.139 e. The van der Waals surface area contributed by atoms with Crippen LogP contribution in [0.4, 0.5) is 0 Å². The molecule has 170 valence electrons. The highest BCUT2D eigenvalue weighted by Gasteiger charge is 2.61. The summed E-state index contributed by atoms with van der Waals surface area (Å²) in [4.78, 5) is 18.1. The second-order valence-electron chi connectivity index (χ2n) is 11.3. The van der Waals surface area contributed by atoms with E-state index in [-0.39, 0.29) is 29.2 Å². The number of oxime groups is 2. The highest BCUT2D eigenvalue weighted by Crippen LogP contribution is 2.64.